The highest BCUT2D eigenvalue weighted by Crippen LogP contribution is 2.35. The second-order valence-corrected chi connectivity index (χ2v) is 6.23. The second-order valence-electron chi connectivity index (χ2n) is 5.32. The lowest BCUT2D eigenvalue weighted by Gasteiger charge is -2.03. The molecule has 3 heterocycles. The third kappa shape index (κ3) is 2.29. The molecular weight excluding hydrogens is 306 g/mol. The number of benzene rings is 1. The molecule has 0 atom stereocenters. The fourth-order valence-electron chi connectivity index (χ4n) is 2.64. The summed E-state index contributed by atoms with van der Waals surface area (Å²) in [5, 5.41) is 16.7. The number of rotatable bonds is 3. The van der Waals surface area contributed by atoms with Crippen LogP contribution in [0.1, 0.15) is 12.5 Å². The minimum Gasteiger partial charge on any atom is -0.493 e. The van der Waals surface area contributed by atoms with E-state index in [4.69, 9.17) is 0 Å². The first-order chi connectivity index (χ1) is 11.3. The highest BCUT2D eigenvalue weighted by Gasteiger charge is 2.14. The number of hydrogen-bond acceptors (Lipinski definition) is 4. The van der Waals surface area contributed by atoms with Crippen molar-refractivity contribution in [2.45, 2.75) is 13.3 Å². The molecule has 0 aliphatic heterocycles. The number of aryl methyl sites for hydroxylation is 1. The van der Waals surface area contributed by atoms with Crippen LogP contribution in [0.4, 0.5) is 0 Å². The van der Waals surface area contributed by atoms with E-state index in [1.165, 1.54) is 15.6 Å². The maximum Gasteiger partial charge on any atom is 0.218 e. The van der Waals surface area contributed by atoms with Crippen molar-refractivity contribution >= 4 is 17.0 Å². The largest absolute Gasteiger partial charge is 0.493 e. The smallest absolute Gasteiger partial charge is 0.218 e. The summed E-state index contributed by atoms with van der Waals surface area (Å²) in [5.41, 5.74) is 4.79. The SMILES string of the molecule is CCc1cnc2c(-c3cc(-c4ccccc4)cs3)cnn2c1O. The molecule has 4 nitrogen and oxygen atoms in total. The number of aromatic nitrogens is 3. The van der Waals surface area contributed by atoms with Gasteiger partial charge in [0.2, 0.25) is 5.88 Å². The van der Waals surface area contributed by atoms with E-state index in [0.717, 1.165) is 22.4 Å². The van der Waals surface area contributed by atoms with Crippen LogP contribution in [0, 0.1) is 0 Å². The molecule has 1 N–H and O–H groups in total. The summed E-state index contributed by atoms with van der Waals surface area (Å²) < 4.78 is 1.51. The summed E-state index contributed by atoms with van der Waals surface area (Å²) in [6, 6.07) is 12.4. The molecule has 0 saturated heterocycles. The number of hydrogen-bond donors (Lipinski definition) is 1. The topological polar surface area (TPSA) is 50.4 Å². The van der Waals surface area contributed by atoms with Crippen LogP contribution in [0.2, 0.25) is 0 Å². The number of thiophene rings is 1. The van der Waals surface area contributed by atoms with Crippen molar-refractivity contribution in [3.05, 3.63) is 59.7 Å². The van der Waals surface area contributed by atoms with Crippen molar-refractivity contribution < 1.29 is 5.11 Å². The summed E-state index contributed by atoms with van der Waals surface area (Å²) in [6.07, 6.45) is 4.21. The molecule has 0 saturated carbocycles. The zero-order valence-corrected chi connectivity index (χ0v) is 13.4. The predicted molar refractivity (Wildman–Crippen MR) is 92.8 cm³/mol. The van der Waals surface area contributed by atoms with Crippen LogP contribution < -0.4 is 0 Å². The highest BCUT2D eigenvalue weighted by atomic mass is 32.1. The van der Waals surface area contributed by atoms with E-state index in [1.54, 1.807) is 23.7 Å². The summed E-state index contributed by atoms with van der Waals surface area (Å²) in [6.45, 7) is 1.98. The molecule has 1 aromatic carbocycles. The first kappa shape index (κ1) is 14.0. The van der Waals surface area contributed by atoms with Crippen molar-refractivity contribution in [2.75, 3.05) is 0 Å². The van der Waals surface area contributed by atoms with Crippen LogP contribution in [-0.4, -0.2) is 19.7 Å². The van der Waals surface area contributed by atoms with Crippen LogP contribution in [0.5, 0.6) is 5.88 Å². The predicted octanol–water partition coefficient (Wildman–Crippen LogP) is 4.39. The average molecular weight is 321 g/mol. The van der Waals surface area contributed by atoms with Crippen molar-refractivity contribution in [2.24, 2.45) is 0 Å². The molecule has 0 radical (unpaired) electrons. The Balaban J connectivity index is 1.81. The van der Waals surface area contributed by atoms with Crippen molar-refractivity contribution in [1.29, 1.82) is 0 Å². The van der Waals surface area contributed by atoms with Crippen LogP contribution in [0.15, 0.2) is 54.2 Å². The van der Waals surface area contributed by atoms with Gasteiger partial charge in [-0.1, -0.05) is 37.3 Å². The molecule has 0 spiro atoms. The lowest BCUT2D eigenvalue weighted by atomic mass is 10.1. The Morgan fingerprint density at radius 2 is 1.96 bits per heavy atom. The summed E-state index contributed by atoms with van der Waals surface area (Å²) in [5.74, 6) is 0.170. The van der Waals surface area contributed by atoms with Gasteiger partial charge in [-0.2, -0.15) is 9.61 Å². The van der Waals surface area contributed by atoms with E-state index in [2.05, 4.69) is 33.7 Å². The van der Waals surface area contributed by atoms with Gasteiger partial charge in [-0.3, -0.25) is 0 Å². The number of aromatic hydroxyl groups is 1. The molecule has 4 aromatic rings. The van der Waals surface area contributed by atoms with Crippen molar-refractivity contribution in [3.8, 4) is 27.4 Å². The van der Waals surface area contributed by atoms with Gasteiger partial charge in [-0.05, 0) is 29.0 Å². The molecule has 5 heteroatoms. The second kappa shape index (κ2) is 5.52. The minimum atomic E-state index is 0.170. The minimum absolute atomic E-state index is 0.170. The van der Waals surface area contributed by atoms with Crippen LogP contribution >= 0.6 is 11.3 Å². The maximum absolute atomic E-state index is 10.3. The highest BCUT2D eigenvalue weighted by molar-refractivity contribution is 7.14. The Labute approximate surface area is 137 Å². The zero-order valence-electron chi connectivity index (χ0n) is 12.6. The molecule has 3 aromatic heterocycles. The number of nitrogens with zero attached hydrogens (tertiary/aromatic N) is 3. The van der Waals surface area contributed by atoms with E-state index >= 15 is 0 Å². The number of fused-ring (bicyclic) bond motifs is 1. The van der Waals surface area contributed by atoms with Crippen molar-refractivity contribution in [1.82, 2.24) is 14.6 Å². The maximum atomic E-state index is 10.3. The molecular formula is C18H15N3OS. The fourth-order valence-corrected chi connectivity index (χ4v) is 3.56. The zero-order chi connectivity index (χ0) is 15.8. The van der Waals surface area contributed by atoms with Crippen molar-refractivity contribution in [3.63, 3.8) is 0 Å². The van der Waals surface area contributed by atoms with Gasteiger partial charge in [0.1, 0.15) is 0 Å². The van der Waals surface area contributed by atoms with Gasteiger partial charge in [-0.15, -0.1) is 11.3 Å². The Morgan fingerprint density at radius 3 is 2.74 bits per heavy atom. The van der Waals surface area contributed by atoms with Gasteiger partial charge >= 0.3 is 0 Å². The van der Waals surface area contributed by atoms with E-state index in [-0.39, 0.29) is 5.88 Å². The molecule has 23 heavy (non-hydrogen) atoms. The van der Waals surface area contributed by atoms with Crippen LogP contribution in [0.25, 0.3) is 27.2 Å². The lowest BCUT2D eigenvalue weighted by Crippen LogP contribution is -1.95. The summed E-state index contributed by atoms with van der Waals surface area (Å²) in [4.78, 5) is 5.57. The van der Waals surface area contributed by atoms with Gasteiger partial charge in [-0.25, -0.2) is 4.98 Å². The third-order valence-corrected chi connectivity index (χ3v) is 4.89. The van der Waals surface area contributed by atoms with Gasteiger partial charge in [0.15, 0.2) is 5.65 Å². The third-order valence-electron chi connectivity index (χ3n) is 3.93. The molecule has 0 unspecified atom stereocenters. The average Bonchev–Trinajstić information content (AvgIpc) is 3.23. The Kier molecular flexibility index (Phi) is 3.35. The summed E-state index contributed by atoms with van der Waals surface area (Å²) in [7, 11) is 0. The molecule has 0 fully saturated rings. The van der Waals surface area contributed by atoms with Gasteiger partial charge < -0.3 is 5.11 Å². The normalized spacial score (nSPS) is 11.2. The van der Waals surface area contributed by atoms with Gasteiger partial charge in [0.25, 0.3) is 0 Å². The van der Waals surface area contributed by atoms with E-state index < -0.39 is 0 Å². The molecule has 0 aliphatic carbocycles. The molecule has 4 rings (SSSR count). The molecule has 114 valence electrons. The fraction of sp³-hybridized carbons (Fsp3) is 0.111. The quantitative estimate of drug-likeness (QED) is 0.609. The van der Waals surface area contributed by atoms with E-state index in [9.17, 15) is 5.11 Å². The molecule has 0 aliphatic rings. The lowest BCUT2D eigenvalue weighted by molar-refractivity contribution is 0.428. The first-order valence-electron chi connectivity index (χ1n) is 7.47. The van der Waals surface area contributed by atoms with Gasteiger partial charge in [0, 0.05) is 16.6 Å². The molecule has 0 amide bonds. The van der Waals surface area contributed by atoms with Gasteiger partial charge in [0.05, 0.1) is 11.8 Å². The Morgan fingerprint density at radius 1 is 1.13 bits per heavy atom. The summed E-state index contributed by atoms with van der Waals surface area (Å²) >= 11 is 1.66. The first-order valence-corrected chi connectivity index (χ1v) is 8.35. The van der Waals surface area contributed by atoms with E-state index in [1.807, 2.05) is 25.1 Å². The van der Waals surface area contributed by atoms with Crippen LogP contribution in [0.3, 0.4) is 0 Å². The Hall–Kier alpha value is -2.66. The van der Waals surface area contributed by atoms with E-state index in [0.29, 0.717) is 5.65 Å². The standard InChI is InChI=1S/C18H15N3OS/c1-2-12-9-19-17-15(10-20-21(17)18(12)22)16-8-14(11-23-16)13-6-4-3-5-7-13/h3-11,22H,2H2,1H3. The Bertz CT molecular complexity index is 973. The molecule has 0 bridgehead atoms. The monoisotopic (exact) mass is 321 g/mol. The van der Waals surface area contributed by atoms with Crippen LogP contribution in [-0.2, 0) is 6.42 Å².